The van der Waals surface area contributed by atoms with Gasteiger partial charge in [0.25, 0.3) is 0 Å². The van der Waals surface area contributed by atoms with Crippen LogP contribution in [-0.2, 0) is 4.74 Å². The minimum atomic E-state index is -0.405. The third-order valence-corrected chi connectivity index (χ3v) is 6.50. The summed E-state index contributed by atoms with van der Waals surface area (Å²) in [5.74, 6) is 1.95. The fourth-order valence-corrected chi connectivity index (χ4v) is 4.33. The van der Waals surface area contributed by atoms with Crippen LogP contribution in [0.15, 0.2) is 47.2 Å². The smallest absolute Gasteiger partial charge is 0.177 e. The highest BCUT2D eigenvalue weighted by atomic mass is 19.1. The number of hydrogen-bond acceptors (Lipinski definition) is 8. The predicted octanol–water partition coefficient (Wildman–Crippen LogP) is 2.00. The summed E-state index contributed by atoms with van der Waals surface area (Å²) in [6.07, 6.45) is 5.71. The number of halogens is 1. The van der Waals surface area contributed by atoms with Crippen LogP contribution in [0, 0.1) is 5.82 Å². The van der Waals surface area contributed by atoms with E-state index < -0.39 is 6.29 Å². The Morgan fingerprint density at radius 3 is 2.71 bits per heavy atom. The Hall–Kier alpha value is -2.79. The molecule has 3 aliphatic rings. The molecule has 0 spiro atoms. The lowest BCUT2D eigenvalue weighted by molar-refractivity contribution is 0.0318. The fourth-order valence-electron chi connectivity index (χ4n) is 4.33. The highest BCUT2D eigenvalue weighted by molar-refractivity contribution is 5.74. The first-order chi connectivity index (χ1) is 16.7. The lowest BCUT2D eigenvalue weighted by atomic mass is 10.1. The van der Waals surface area contributed by atoms with Crippen LogP contribution in [0.5, 0.6) is 0 Å². The van der Waals surface area contributed by atoms with Crippen molar-refractivity contribution in [3.8, 4) is 0 Å². The number of ether oxygens (including phenoxy) is 1. The molecule has 5 rings (SSSR count). The molecule has 10 heteroatoms. The van der Waals surface area contributed by atoms with Crippen LogP contribution >= 0.6 is 0 Å². The van der Waals surface area contributed by atoms with Crippen LogP contribution in [0.4, 0.5) is 10.2 Å². The molecule has 1 aromatic carbocycles. The van der Waals surface area contributed by atoms with E-state index in [2.05, 4.69) is 41.7 Å². The van der Waals surface area contributed by atoms with Gasteiger partial charge in [0.1, 0.15) is 11.6 Å². The van der Waals surface area contributed by atoms with Crippen molar-refractivity contribution in [2.45, 2.75) is 31.1 Å². The summed E-state index contributed by atoms with van der Waals surface area (Å²) in [4.78, 5) is 9.18. The van der Waals surface area contributed by atoms with Gasteiger partial charge in [-0.15, -0.1) is 0 Å². The van der Waals surface area contributed by atoms with Crippen LogP contribution in [0.25, 0.3) is 0 Å². The van der Waals surface area contributed by atoms with Gasteiger partial charge in [-0.1, -0.05) is 12.1 Å². The number of aliphatic imine (C=N–C) groups is 1. The topological polar surface area (TPSA) is 101 Å². The number of aromatic nitrogens is 2. The average molecular weight is 470 g/mol. The fraction of sp³-hybridized carbons (Fsp3) is 0.500. The summed E-state index contributed by atoms with van der Waals surface area (Å²) in [7, 11) is 0. The zero-order chi connectivity index (χ0) is 23.3. The zero-order valence-electron chi connectivity index (χ0n) is 19.2. The number of aliphatic hydroxyl groups is 1. The molecule has 1 aromatic heterocycles. The number of allylic oxidation sites excluding steroid dienone is 1. The van der Waals surface area contributed by atoms with Gasteiger partial charge in [0.15, 0.2) is 12.1 Å². The molecule has 0 radical (unpaired) electrons. The second-order valence-electron chi connectivity index (χ2n) is 8.93. The highest BCUT2D eigenvalue weighted by Crippen LogP contribution is 2.39. The van der Waals surface area contributed by atoms with E-state index >= 15 is 0 Å². The van der Waals surface area contributed by atoms with Gasteiger partial charge in [0.2, 0.25) is 0 Å². The standard InChI is InChI=1S/C24H32FN7O2/c25-19-5-3-18(4-6-19)21(16-33)27-24-26-8-7-23(28-22-15-20(29-30-22)17-1-2-17)32(24)10-9-31-11-13-34-14-12-31/h3-8,15,17,21,24,27,33H,1-2,9-14,16H2,(H2,28,29,30)/t21-,24?/m0/s1. The van der Waals surface area contributed by atoms with Crippen LogP contribution in [0.1, 0.15) is 36.1 Å². The Kier molecular flexibility index (Phi) is 7.19. The van der Waals surface area contributed by atoms with E-state index in [0.717, 1.165) is 56.6 Å². The van der Waals surface area contributed by atoms with E-state index in [1.165, 1.54) is 30.7 Å². The van der Waals surface area contributed by atoms with E-state index in [9.17, 15) is 9.50 Å². The predicted molar refractivity (Wildman–Crippen MR) is 128 cm³/mol. The maximum absolute atomic E-state index is 13.4. The Labute approximate surface area is 198 Å². The maximum Gasteiger partial charge on any atom is 0.177 e. The molecule has 1 aliphatic carbocycles. The average Bonchev–Trinajstić information content (AvgIpc) is 3.62. The molecule has 0 amide bonds. The van der Waals surface area contributed by atoms with Crippen molar-refractivity contribution in [2.75, 3.05) is 51.3 Å². The summed E-state index contributed by atoms with van der Waals surface area (Å²) >= 11 is 0. The number of anilines is 1. The second-order valence-corrected chi connectivity index (χ2v) is 8.93. The zero-order valence-corrected chi connectivity index (χ0v) is 19.2. The molecular formula is C24H32FN7O2. The van der Waals surface area contributed by atoms with Gasteiger partial charge < -0.3 is 20.1 Å². The summed E-state index contributed by atoms with van der Waals surface area (Å²) < 4.78 is 18.9. The Morgan fingerprint density at radius 1 is 1.18 bits per heavy atom. The van der Waals surface area contributed by atoms with Crippen molar-refractivity contribution in [1.29, 1.82) is 0 Å². The molecular weight excluding hydrogens is 437 g/mol. The number of aliphatic hydroxyl groups excluding tert-OH is 1. The molecule has 2 atom stereocenters. The first kappa shape index (κ1) is 23.0. The van der Waals surface area contributed by atoms with Crippen molar-refractivity contribution >= 4 is 12.0 Å². The first-order valence-corrected chi connectivity index (χ1v) is 11.9. The second kappa shape index (κ2) is 10.6. The number of aromatic amines is 1. The molecule has 2 aliphatic heterocycles. The number of nitrogens with one attached hydrogen (secondary N) is 3. The lowest BCUT2D eigenvalue weighted by Crippen LogP contribution is -2.51. The third kappa shape index (κ3) is 5.64. The summed E-state index contributed by atoms with van der Waals surface area (Å²) in [5, 5.41) is 24.5. The van der Waals surface area contributed by atoms with Gasteiger partial charge in [0, 0.05) is 50.1 Å². The van der Waals surface area contributed by atoms with Crippen molar-refractivity contribution in [2.24, 2.45) is 4.99 Å². The molecule has 2 aromatic rings. The Balaban J connectivity index is 1.31. The number of nitrogens with zero attached hydrogens (tertiary/aromatic N) is 4. The summed E-state index contributed by atoms with van der Waals surface area (Å²) in [6.45, 7) is 4.73. The molecule has 3 heterocycles. The number of rotatable bonds is 10. The minimum absolute atomic E-state index is 0.133. The molecule has 2 fully saturated rings. The van der Waals surface area contributed by atoms with Crippen LogP contribution in [0.3, 0.4) is 0 Å². The molecule has 1 unspecified atom stereocenters. The third-order valence-electron chi connectivity index (χ3n) is 6.50. The monoisotopic (exact) mass is 469 g/mol. The lowest BCUT2D eigenvalue weighted by Gasteiger charge is -2.38. The molecule has 34 heavy (non-hydrogen) atoms. The van der Waals surface area contributed by atoms with E-state index in [4.69, 9.17) is 4.74 Å². The Bertz CT molecular complexity index is 999. The van der Waals surface area contributed by atoms with Gasteiger partial charge in [-0.25, -0.2) is 4.39 Å². The van der Waals surface area contributed by atoms with Gasteiger partial charge in [-0.2, -0.15) is 5.10 Å². The van der Waals surface area contributed by atoms with Gasteiger partial charge >= 0.3 is 0 Å². The quantitative estimate of drug-likeness (QED) is 0.422. The molecule has 0 bridgehead atoms. The summed E-state index contributed by atoms with van der Waals surface area (Å²) in [5.41, 5.74) is 1.97. The number of benzene rings is 1. The number of hydrogen-bond donors (Lipinski definition) is 4. The first-order valence-electron chi connectivity index (χ1n) is 11.9. The van der Waals surface area contributed by atoms with Crippen molar-refractivity contribution in [3.63, 3.8) is 0 Å². The van der Waals surface area contributed by atoms with E-state index in [0.29, 0.717) is 5.92 Å². The van der Waals surface area contributed by atoms with E-state index in [1.54, 1.807) is 18.3 Å². The highest BCUT2D eigenvalue weighted by Gasteiger charge is 2.28. The summed E-state index contributed by atoms with van der Waals surface area (Å²) in [6, 6.07) is 7.86. The van der Waals surface area contributed by atoms with Crippen molar-refractivity contribution < 1.29 is 14.2 Å². The minimum Gasteiger partial charge on any atom is -0.394 e. The van der Waals surface area contributed by atoms with Crippen LogP contribution in [0.2, 0.25) is 0 Å². The van der Waals surface area contributed by atoms with Crippen LogP contribution in [-0.4, -0.2) is 83.6 Å². The molecule has 9 nitrogen and oxygen atoms in total. The maximum atomic E-state index is 13.4. The Morgan fingerprint density at radius 2 is 1.97 bits per heavy atom. The van der Waals surface area contributed by atoms with Gasteiger partial charge in [-0.05, 0) is 36.6 Å². The van der Waals surface area contributed by atoms with Crippen molar-refractivity contribution in [1.82, 2.24) is 25.3 Å². The van der Waals surface area contributed by atoms with E-state index in [1.807, 2.05) is 6.08 Å². The molecule has 182 valence electrons. The normalized spacial score (nSPS) is 22.0. The molecule has 1 saturated heterocycles. The van der Waals surface area contributed by atoms with Gasteiger partial charge in [-0.3, -0.25) is 20.3 Å². The number of morpholine rings is 1. The molecule has 1 saturated carbocycles. The van der Waals surface area contributed by atoms with E-state index in [-0.39, 0.29) is 18.5 Å². The largest absolute Gasteiger partial charge is 0.394 e. The van der Waals surface area contributed by atoms with Crippen LogP contribution < -0.4 is 10.6 Å². The van der Waals surface area contributed by atoms with Gasteiger partial charge in [0.05, 0.1) is 25.9 Å². The van der Waals surface area contributed by atoms with Crippen molar-refractivity contribution in [3.05, 3.63) is 59.3 Å². The SMILES string of the molecule is OC[C@H](NC1N=CC=C(Nc2cc(C3CC3)[nH]n2)N1CCN1CCOCC1)c1ccc(F)cc1. The number of H-pyrrole nitrogens is 1. The molecule has 4 N–H and O–H groups in total.